The van der Waals surface area contributed by atoms with E-state index < -0.39 is 17.4 Å². The number of piperidine rings is 1. The van der Waals surface area contributed by atoms with Crippen LogP contribution in [0.2, 0.25) is 0 Å². The zero-order chi connectivity index (χ0) is 24.0. The molecular formula is C28H32N2O4. The second kappa shape index (κ2) is 10.7. The predicted octanol–water partition coefficient (Wildman–Crippen LogP) is 4.15. The van der Waals surface area contributed by atoms with Crippen molar-refractivity contribution in [3.63, 3.8) is 0 Å². The van der Waals surface area contributed by atoms with E-state index in [1.54, 1.807) is 11.8 Å². The molecule has 2 aliphatic rings. The van der Waals surface area contributed by atoms with Gasteiger partial charge in [-0.3, -0.25) is 9.59 Å². The van der Waals surface area contributed by atoms with E-state index in [0.29, 0.717) is 31.5 Å². The summed E-state index contributed by atoms with van der Waals surface area (Å²) in [7, 11) is 0. The van der Waals surface area contributed by atoms with Crippen LogP contribution in [0.15, 0.2) is 72.4 Å². The Bertz CT molecular complexity index is 1050. The molecule has 1 N–H and O–H groups in total. The molecule has 0 aromatic heterocycles. The molecule has 1 heterocycles. The average Bonchev–Trinajstić information content (AvgIpc) is 2.87. The first kappa shape index (κ1) is 23.7. The standard InChI is InChI=1S/C28H32N2O4/c1-2-34-26(32)23(19-21-11-5-3-6-12-21)30-24-15-9-10-17-28(24,18-16-25(30)31)27(33)29-20-22-13-7-4-8-14-22/h3-8,11-15,23H,2,9-10,16-20H2,1H3,(H,29,33)/t23-,28+/m0/s1. The van der Waals surface area contributed by atoms with E-state index in [9.17, 15) is 14.4 Å². The molecule has 4 rings (SSSR count). The summed E-state index contributed by atoms with van der Waals surface area (Å²) in [5, 5.41) is 3.10. The summed E-state index contributed by atoms with van der Waals surface area (Å²) >= 11 is 0. The van der Waals surface area contributed by atoms with Crippen LogP contribution < -0.4 is 5.32 Å². The molecule has 0 bridgehead atoms. The SMILES string of the molecule is CCOC(=O)[C@H](Cc1ccccc1)N1C(=O)CC[C@]2(C(=O)NCc3ccccc3)CCCC=C12. The molecule has 1 fully saturated rings. The molecule has 0 spiro atoms. The number of amides is 2. The molecule has 178 valence electrons. The molecule has 2 aromatic rings. The van der Waals surface area contributed by atoms with Gasteiger partial charge in [0.05, 0.1) is 12.0 Å². The second-order valence-electron chi connectivity index (χ2n) is 8.95. The maximum absolute atomic E-state index is 13.7. The molecule has 1 aliphatic carbocycles. The molecule has 6 nitrogen and oxygen atoms in total. The topological polar surface area (TPSA) is 75.7 Å². The molecule has 2 aromatic carbocycles. The first-order chi connectivity index (χ1) is 16.5. The highest BCUT2D eigenvalue weighted by molar-refractivity contribution is 5.93. The van der Waals surface area contributed by atoms with Crippen molar-refractivity contribution in [2.45, 2.75) is 58.0 Å². The van der Waals surface area contributed by atoms with E-state index in [1.807, 2.05) is 66.7 Å². The Balaban J connectivity index is 1.65. The van der Waals surface area contributed by atoms with Crippen molar-refractivity contribution in [3.8, 4) is 0 Å². The quantitative estimate of drug-likeness (QED) is 0.601. The average molecular weight is 461 g/mol. The Labute approximate surface area is 201 Å². The number of nitrogens with one attached hydrogen (secondary N) is 1. The van der Waals surface area contributed by atoms with Gasteiger partial charge in [-0.2, -0.15) is 0 Å². The van der Waals surface area contributed by atoms with E-state index in [4.69, 9.17) is 4.74 Å². The van der Waals surface area contributed by atoms with Crippen LogP contribution >= 0.6 is 0 Å². The number of hydrogen-bond acceptors (Lipinski definition) is 4. The number of esters is 1. The van der Waals surface area contributed by atoms with E-state index in [0.717, 1.165) is 24.0 Å². The van der Waals surface area contributed by atoms with Crippen molar-refractivity contribution in [1.82, 2.24) is 10.2 Å². The predicted molar refractivity (Wildman–Crippen MR) is 129 cm³/mol. The van der Waals surface area contributed by atoms with Crippen molar-refractivity contribution in [2.24, 2.45) is 5.41 Å². The van der Waals surface area contributed by atoms with Crippen LogP contribution in [0.1, 0.15) is 50.2 Å². The van der Waals surface area contributed by atoms with Gasteiger partial charge in [-0.1, -0.05) is 66.7 Å². The molecule has 0 unspecified atom stereocenters. The summed E-state index contributed by atoms with van der Waals surface area (Å²) in [6.45, 7) is 2.42. The van der Waals surface area contributed by atoms with Crippen LogP contribution in [0, 0.1) is 5.41 Å². The monoisotopic (exact) mass is 460 g/mol. The fourth-order valence-electron chi connectivity index (χ4n) is 5.11. The lowest BCUT2D eigenvalue weighted by atomic mass is 9.68. The molecule has 2 atom stereocenters. The fraction of sp³-hybridized carbons (Fsp3) is 0.393. The lowest BCUT2D eigenvalue weighted by Crippen LogP contribution is -2.57. The van der Waals surface area contributed by atoms with Gasteiger partial charge >= 0.3 is 5.97 Å². The van der Waals surface area contributed by atoms with Crippen molar-refractivity contribution in [3.05, 3.63) is 83.6 Å². The molecule has 1 saturated heterocycles. The zero-order valence-electron chi connectivity index (χ0n) is 19.7. The van der Waals surface area contributed by atoms with Gasteiger partial charge in [0.2, 0.25) is 11.8 Å². The Hall–Kier alpha value is -3.41. The number of likely N-dealkylation sites (tertiary alicyclic amines) is 1. The maximum Gasteiger partial charge on any atom is 0.329 e. The molecule has 34 heavy (non-hydrogen) atoms. The van der Waals surface area contributed by atoms with Gasteiger partial charge in [0.25, 0.3) is 0 Å². The number of rotatable bonds is 8. The van der Waals surface area contributed by atoms with Crippen LogP contribution in [0.25, 0.3) is 0 Å². The minimum absolute atomic E-state index is 0.0814. The van der Waals surface area contributed by atoms with Crippen LogP contribution in [-0.2, 0) is 32.1 Å². The Morgan fingerprint density at radius 1 is 1.03 bits per heavy atom. The number of nitrogens with zero attached hydrogens (tertiary/aromatic N) is 1. The summed E-state index contributed by atoms with van der Waals surface area (Å²) in [6.07, 6.45) is 5.30. The van der Waals surface area contributed by atoms with Crippen molar-refractivity contribution < 1.29 is 19.1 Å². The van der Waals surface area contributed by atoms with Crippen LogP contribution in [0.5, 0.6) is 0 Å². The summed E-state index contributed by atoms with van der Waals surface area (Å²) in [5.41, 5.74) is 1.80. The minimum atomic E-state index is -0.817. The largest absolute Gasteiger partial charge is 0.464 e. The fourth-order valence-corrected chi connectivity index (χ4v) is 5.11. The highest BCUT2D eigenvalue weighted by Crippen LogP contribution is 2.48. The summed E-state index contributed by atoms with van der Waals surface area (Å²) in [6, 6.07) is 18.6. The first-order valence-corrected chi connectivity index (χ1v) is 12.1. The van der Waals surface area contributed by atoms with Crippen molar-refractivity contribution in [2.75, 3.05) is 6.61 Å². The van der Waals surface area contributed by atoms with Gasteiger partial charge in [0.1, 0.15) is 6.04 Å². The van der Waals surface area contributed by atoms with Crippen LogP contribution in [0.3, 0.4) is 0 Å². The number of ether oxygens (including phenoxy) is 1. The second-order valence-corrected chi connectivity index (χ2v) is 8.95. The van der Waals surface area contributed by atoms with E-state index in [2.05, 4.69) is 5.32 Å². The lowest BCUT2D eigenvalue weighted by molar-refractivity contribution is -0.157. The Morgan fingerprint density at radius 2 is 1.71 bits per heavy atom. The Kier molecular flexibility index (Phi) is 7.46. The number of carbonyl (C=O) groups excluding carboxylic acids is 3. The van der Waals surface area contributed by atoms with Crippen molar-refractivity contribution >= 4 is 17.8 Å². The third kappa shape index (κ3) is 4.91. The van der Waals surface area contributed by atoms with E-state index in [-0.39, 0.29) is 24.8 Å². The number of fused-ring (bicyclic) bond motifs is 1. The third-order valence-corrected chi connectivity index (χ3v) is 6.80. The lowest BCUT2D eigenvalue weighted by Gasteiger charge is -2.48. The van der Waals surface area contributed by atoms with E-state index >= 15 is 0 Å². The third-order valence-electron chi connectivity index (χ3n) is 6.80. The highest BCUT2D eigenvalue weighted by atomic mass is 16.5. The van der Waals surface area contributed by atoms with Crippen molar-refractivity contribution in [1.29, 1.82) is 0 Å². The molecule has 0 radical (unpaired) electrons. The van der Waals surface area contributed by atoms with Crippen LogP contribution in [0.4, 0.5) is 0 Å². The molecule has 0 saturated carbocycles. The number of allylic oxidation sites excluding steroid dienone is 1. The molecule has 6 heteroatoms. The van der Waals surface area contributed by atoms with Gasteiger partial charge in [-0.05, 0) is 43.7 Å². The van der Waals surface area contributed by atoms with Gasteiger partial charge in [-0.15, -0.1) is 0 Å². The summed E-state index contributed by atoms with van der Waals surface area (Å²) in [5.74, 6) is -0.651. The van der Waals surface area contributed by atoms with E-state index in [1.165, 1.54) is 0 Å². The number of benzene rings is 2. The summed E-state index contributed by atoms with van der Waals surface area (Å²) < 4.78 is 5.40. The Morgan fingerprint density at radius 3 is 2.38 bits per heavy atom. The molecule has 2 amide bonds. The zero-order valence-corrected chi connectivity index (χ0v) is 19.7. The summed E-state index contributed by atoms with van der Waals surface area (Å²) in [4.78, 5) is 41.6. The van der Waals surface area contributed by atoms with Gasteiger partial charge < -0.3 is 15.0 Å². The van der Waals surface area contributed by atoms with Gasteiger partial charge in [-0.25, -0.2) is 4.79 Å². The number of hydrogen-bond donors (Lipinski definition) is 1. The highest BCUT2D eigenvalue weighted by Gasteiger charge is 2.52. The molecular weight excluding hydrogens is 428 g/mol. The minimum Gasteiger partial charge on any atom is -0.464 e. The maximum atomic E-state index is 13.7. The van der Waals surface area contributed by atoms with Gasteiger partial charge in [0, 0.05) is 25.1 Å². The molecule has 1 aliphatic heterocycles. The first-order valence-electron chi connectivity index (χ1n) is 12.1. The van der Waals surface area contributed by atoms with Gasteiger partial charge in [0.15, 0.2) is 0 Å². The van der Waals surface area contributed by atoms with Crippen LogP contribution in [-0.4, -0.2) is 35.3 Å². The normalized spacial score (nSPS) is 20.7. The smallest absolute Gasteiger partial charge is 0.329 e. The number of carbonyl (C=O) groups is 3.